The van der Waals surface area contributed by atoms with E-state index in [1.165, 1.54) is 0 Å². The Hall–Kier alpha value is -1.36. The molecule has 16 heavy (non-hydrogen) atoms. The number of hydrogen-bond donors (Lipinski definition) is 0. The Kier molecular flexibility index (Phi) is 3.24. The Bertz CT molecular complexity index is 502. The second-order valence-corrected chi connectivity index (χ2v) is 4.25. The number of aromatic nitrogens is 2. The summed E-state index contributed by atoms with van der Waals surface area (Å²) in [6.07, 6.45) is 2.83. The third-order valence-corrected chi connectivity index (χ3v) is 2.80. The van der Waals surface area contributed by atoms with Crippen molar-refractivity contribution in [1.29, 1.82) is 0 Å². The van der Waals surface area contributed by atoms with Crippen molar-refractivity contribution in [3.63, 3.8) is 0 Å². The molecule has 0 spiro atoms. The van der Waals surface area contributed by atoms with Gasteiger partial charge in [0, 0.05) is 25.4 Å². The first-order chi connectivity index (χ1) is 7.66. The molecule has 0 amide bonds. The topological polar surface area (TPSA) is 48.0 Å². The number of aryl methyl sites for hydroxylation is 2. The number of carbonyl (C=O) groups is 1. The average Bonchev–Trinajstić information content (AvgIpc) is 2.84. The quantitative estimate of drug-likeness (QED) is 0.810. The normalized spacial score (nSPS) is 10.6. The minimum atomic E-state index is 0.00639. The monoisotopic (exact) mass is 282 g/mol. The molecule has 0 aromatic carbocycles. The van der Waals surface area contributed by atoms with Crippen LogP contribution < -0.4 is 0 Å². The Morgan fingerprint density at radius 1 is 1.50 bits per heavy atom. The maximum absolute atomic E-state index is 11.7. The van der Waals surface area contributed by atoms with Crippen LogP contribution in [-0.2, 0) is 13.5 Å². The van der Waals surface area contributed by atoms with Crippen LogP contribution in [0.2, 0.25) is 0 Å². The van der Waals surface area contributed by atoms with Crippen molar-refractivity contribution in [3.8, 4) is 0 Å². The van der Waals surface area contributed by atoms with Crippen LogP contribution in [0.3, 0.4) is 0 Å². The zero-order valence-electron chi connectivity index (χ0n) is 8.81. The lowest BCUT2D eigenvalue weighted by Crippen LogP contribution is -2.03. The Morgan fingerprint density at radius 2 is 2.31 bits per heavy atom. The molecule has 0 aliphatic carbocycles. The largest absolute Gasteiger partial charge is 0.446 e. The van der Waals surface area contributed by atoms with Crippen molar-refractivity contribution in [1.82, 2.24) is 9.78 Å². The van der Waals surface area contributed by atoms with Gasteiger partial charge in [0.2, 0.25) is 0 Å². The van der Waals surface area contributed by atoms with E-state index in [-0.39, 0.29) is 5.78 Å². The van der Waals surface area contributed by atoms with Crippen LogP contribution in [0.1, 0.15) is 22.7 Å². The van der Waals surface area contributed by atoms with Gasteiger partial charge in [-0.05, 0) is 40.5 Å². The van der Waals surface area contributed by atoms with Crippen molar-refractivity contribution < 1.29 is 9.21 Å². The minimum absolute atomic E-state index is 0.00639. The standard InChI is InChI=1S/C11H11BrN2O2/c1-14-8(6-7-13-14)2-3-9(15)10-4-5-11(12)16-10/h4-7H,2-3H2,1H3. The molecule has 84 valence electrons. The smallest absolute Gasteiger partial charge is 0.198 e. The molecule has 2 aromatic rings. The molecular weight excluding hydrogens is 272 g/mol. The van der Waals surface area contributed by atoms with Gasteiger partial charge in [0.1, 0.15) is 0 Å². The van der Waals surface area contributed by atoms with Crippen LogP contribution in [0.5, 0.6) is 0 Å². The molecular formula is C11H11BrN2O2. The lowest BCUT2D eigenvalue weighted by atomic mass is 10.1. The van der Waals surface area contributed by atoms with E-state index in [0.29, 0.717) is 23.3 Å². The molecule has 0 radical (unpaired) electrons. The molecule has 2 aromatic heterocycles. The van der Waals surface area contributed by atoms with Gasteiger partial charge in [0.15, 0.2) is 16.2 Å². The lowest BCUT2D eigenvalue weighted by molar-refractivity contribution is 0.0954. The summed E-state index contributed by atoms with van der Waals surface area (Å²) >= 11 is 3.17. The summed E-state index contributed by atoms with van der Waals surface area (Å²) in [6.45, 7) is 0. The number of halogens is 1. The molecule has 0 aliphatic heterocycles. The van der Waals surface area contributed by atoms with Gasteiger partial charge < -0.3 is 4.42 Å². The highest BCUT2D eigenvalue weighted by molar-refractivity contribution is 9.10. The van der Waals surface area contributed by atoms with E-state index in [9.17, 15) is 4.79 Å². The summed E-state index contributed by atoms with van der Waals surface area (Å²) in [5.41, 5.74) is 1.04. The van der Waals surface area contributed by atoms with Gasteiger partial charge >= 0.3 is 0 Å². The molecule has 0 saturated carbocycles. The highest BCUT2D eigenvalue weighted by Crippen LogP contribution is 2.16. The number of furan rings is 1. The Morgan fingerprint density at radius 3 is 2.88 bits per heavy atom. The molecule has 0 unspecified atom stereocenters. The molecule has 2 heterocycles. The number of carbonyl (C=O) groups excluding carboxylic acids is 1. The van der Waals surface area contributed by atoms with Crippen molar-refractivity contribution in [2.24, 2.45) is 7.05 Å². The molecule has 0 N–H and O–H groups in total. The third kappa shape index (κ3) is 2.41. The number of ketones is 1. The third-order valence-electron chi connectivity index (χ3n) is 2.38. The summed E-state index contributed by atoms with van der Waals surface area (Å²) in [7, 11) is 1.86. The molecule has 4 nitrogen and oxygen atoms in total. The van der Waals surface area contributed by atoms with Crippen LogP contribution in [-0.4, -0.2) is 15.6 Å². The molecule has 0 saturated heterocycles. The molecule has 2 rings (SSSR count). The van der Waals surface area contributed by atoms with Crippen molar-refractivity contribution >= 4 is 21.7 Å². The number of hydrogen-bond acceptors (Lipinski definition) is 3. The van der Waals surface area contributed by atoms with E-state index in [1.807, 2.05) is 13.1 Å². The minimum Gasteiger partial charge on any atom is -0.446 e. The van der Waals surface area contributed by atoms with Crippen molar-refractivity contribution in [2.75, 3.05) is 0 Å². The van der Waals surface area contributed by atoms with E-state index >= 15 is 0 Å². The van der Waals surface area contributed by atoms with Crippen LogP contribution in [0.25, 0.3) is 0 Å². The fraction of sp³-hybridized carbons (Fsp3) is 0.273. The number of rotatable bonds is 4. The molecule has 0 fully saturated rings. The Labute approximate surface area is 101 Å². The van der Waals surface area contributed by atoms with Gasteiger partial charge in [0.05, 0.1) is 0 Å². The molecule has 0 aliphatic rings. The van der Waals surface area contributed by atoms with E-state index < -0.39 is 0 Å². The van der Waals surface area contributed by atoms with Gasteiger partial charge in [-0.3, -0.25) is 9.48 Å². The van der Waals surface area contributed by atoms with E-state index in [0.717, 1.165) is 5.69 Å². The highest BCUT2D eigenvalue weighted by atomic mass is 79.9. The maximum Gasteiger partial charge on any atom is 0.198 e. The first kappa shape index (κ1) is 11.1. The zero-order chi connectivity index (χ0) is 11.5. The first-order valence-electron chi connectivity index (χ1n) is 4.92. The van der Waals surface area contributed by atoms with Crippen molar-refractivity contribution in [3.05, 3.63) is 40.5 Å². The molecule has 5 heteroatoms. The van der Waals surface area contributed by atoms with Gasteiger partial charge in [-0.25, -0.2) is 0 Å². The fourth-order valence-corrected chi connectivity index (χ4v) is 1.78. The van der Waals surface area contributed by atoms with Crippen LogP contribution in [0.4, 0.5) is 0 Å². The second kappa shape index (κ2) is 4.65. The zero-order valence-corrected chi connectivity index (χ0v) is 10.4. The van der Waals surface area contributed by atoms with Crippen molar-refractivity contribution in [2.45, 2.75) is 12.8 Å². The summed E-state index contributed by atoms with van der Waals surface area (Å²) in [5.74, 6) is 0.404. The molecule has 0 bridgehead atoms. The van der Waals surface area contributed by atoms with Gasteiger partial charge in [-0.1, -0.05) is 0 Å². The predicted octanol–water partition coefficient (Wildman–Crippen LogP) is 2.59. The number of nitrogens with zero attached hydrogens (tertiary/aromatic N) is 2. The van der Waals surface area contributed by atoms with Gasteiger partial charge in [-0.15, -0.1) is 0 Å². The van der Waals surface area contributed by atoms with Gasteiger partial charge in [0.25, 0.3) is 0 Å². The predicted molar refractivity (Wildman–Crippen MR) is 62.3 cm³/mol. The maximum atomic E-state index is 11.7. The van der Waals surface area contributed by atoms with E-state index in [2.05, 4.69) is 21.0 Å². The highest BCUT2D eigenvalue weighted by Gasteiger charge is 2.11. The molecule has 0 atom stereocenters. The van der Waals surface area contributed by atoms with Crippen LogP contribution in [0.15, 0.2) is 33.5 Å². The summed E-state index contributed by atoms with van der Waals surface area (Å²) in [6, 6.07) is 5.30. The fourth-order valence-electron chi connectivity index (χ4n) is 1.48. The van der Waals surface area contributed by atoms with Crippen LogP contribution >= 0.6 is 15.9 Å². The van der Waals surface area contributed by atoms with Gasteiger partial charge in [-0.2, -0.15) is 5.10 Å². The van der Waals surface area contributed by atoms with E-state index in [4.69, 9.17) is 4.42 Å². The average molecular weight is 283 g/mol. The SMILES string of the molecule is Cn1nccc1CCC(=O)c1ccc(Br)o1. The van der Waals surface area contributed by atoms with E-state index in [1.54, 1.807) is 23.0 Å². The first-order valence-corrected chi connectivity index (χ1v) is 5.71. The Balaban J connectivity index is 1.96. The van der Waals surface area contributed by atoms with Crippen LogP contribution in [0, 0.1) is 0 Å². The summed E-state index contributed by atoms with van der Waals surface area (Å²) in [5, 5.41) is 4.05. The summed E-state index contributed by atoms with van der Waals surface area (Å²) < 4.78 is 7.54. The number of Topliss-reactive ketones (excluding diaryl/α,β-unsaturated/α-hetero) is 1. The lowest BCUT2D eigenvalue weighted by Gasteiger charge is -1.99. The summed E-state index contributed by atoms with van der Waals surface area (Å²) in [4.78, 5) is 11.7. The second-order valence-electron chi connectivity index (χ2n) is 3.47.